The van der Waals surface area contributed by atoms with E-state index in [1.165, 1.54) is 16.0 Å². The lowest BCUT2D eigenvalue weighted by atomic mass is 10.2. The lowest BCUT2D eigenvalue weighted by Gasteiger charge is -2.07. The van der Waals surface area contributed by atoms with Crippen LogP contribution in [0.1, 0.15) is 34.5 Å². The summed E-state index contributed by atoms with van der Waals surface area (Å²) in [6, 6.07) is 0. The second kappa shape index (κ2) is 5.68. The van der Waals surface area contributed by atoms with E-state index >= 15 is 0 Å². The van der Waals surface area contributed by atoms with Crippen molar-refractivity contribution in [2.24, 2.45) is 0 Å². The predicted octanol–water partition coefficient (Wildman–Crippen LogP) is 1.49. The fourth-order valence-electron chi connectivity index (χ4n) is 1.90. The molecule has 0 aliphatic heterocycles. The number of carboxylic acids is 1. The Morgan fingerprint density at radius 1 is 1.45 bits per heavy atom. The molecule has 0 aliphatic carbocycles. The maximum absolute atomic E-state index is 11.3. The number of aryl methyl sites for hydroxylation is 3. The first-order valence-electron chi connectivity index (χ1n) is 6.19. The molecule has 2 aromatic heterocycles. The largest absolute Gasteiger partial charge is 0.476 e. The van der Waals surface area contributed by atoms with Gasteiger partial charge in [-0.2, -0.15) is 0 Å². The molecule has 20 heavy (non-hydrogen) atoms. The third-order valence-electron chi connectivity index (χ3n) is 2.81. The predicted molar refractivity (Wildman–Crippen MR) is 73.9 cm³/mol. The lowest BCUT2D eigenvalue weighted by Crippen LogP contribution is -2.10. The molecule has 0 aliphatic rings. The summed E-state index contributed by atoms with van der Waals surface area (Å²) < 4.78 is 1.52. The van der Waals surface area contributed by atoms with Crippen molar-refractivity contribution in [3.8, 4) is 10.6 Å². The van der Waals surface area contributed by atoms with E-state index in [0.717, 1.165) is 15.6 Å². The Morgan fingerprint density at radius 2 is 2.15 bits per heavy atom. The Hall–Kier alpha value is -1.80. The van der Waals surface area contributed by atoms with Crippen molar-refractivity contribution in [2.75, 3.05) is 0 Å². The molecule has 7 nitrogen and oxygen atoms in total. The van der Waals surface area contributed by atoms with E-state index in [4.69, 9.17) is 0 Å². The molecule has 2 rings (SSSR count). The lowest BCUT2D eigenvalue weighted by molar-refractivity contribution is 0.0691. The Labute approximate surface area is 119 Å². The second-order valence-electron chi connectivity index (χ2n) is 4.60. The van der Waals surface area contributed by atoms with E-state index in [-0.39, 0.29) is 5.69 Å². The van der Waals surface area contributed by atoms with Crippen molar-refractivity contribution in [1.29, 1.82) is 0 Å². The van der Waals surface area contributed by atoms with Gasteiger partial charge in [0, 0.05) is 6.54 Å². The van der Waals surface area contributed by atoms with Crippen molar-refractivity contribution in [2.45, 2.75) is 39.8 Å². The minimum atomic E-state index is -1.12. The Morgan fingerprint density at radius 3 is 2.65 bits per heavy atom. The molecule has 2 aromatic rings. The van der Waals surface area contributed by atoms with Crippen molar-refractivity contribution < 1.29 is 15.0 Å². The first-order valence-corrected chi connectivity index (χ1v) is 7.01. The molecule has 0 saturated heterocycles. The van der Waals surface area contributed by atoms with Gasteiger partial charge >= 0.3 is 5.97 Å². The highest BCUT2D eigenvalue weighted by atomic mass is 32.1. The highest BCUT2D eigenvalue weighted by molar-refractivity contribution is 7.15. The zero-order chi connectivity index (χ0) is 14.9. The number of aromatic nitrogens is 4. The van der Waals surface area contributed by atoms with Crippen LogP contribution in [0.25, 0.3) is 10.6 Å². The van der Waals surface area contributed by atoms with Crippen molar-refractivity contribution in [1.82, 2.24) is 20.0 Å². The van der Waals surface area contributed by atoms with Gasteiger partial charge in [-0.3, -0.25) is 0 Å². The SMILES string of the molecule is Cc1nc(C)c(-c2c(C(=O)O)nnn2CCC(C)O)s1. The van der Waals surface area contributed by atoms with Crippen LogP contribution in [0.4, 0.5) is 0 Å². The van der Waals surface area contributed by atoms with Crippen LogP contribution in [0.2, 0.25) is 0 Å². The summed E-state index contributed by atoms with van der Waals surface area (Å²) in [5, 5.41) is 27.1. The third-order valence-corrected chi connectivity index (χ3v) is 3.89. The molecule has 8 heteroatoms. The monoisotopic (exact) mass is 296 g/mol. The van der Waals surface area contributed by atoms with Gasteiger partial charge in [-0.25, -0.2) is 14.5 Å². The minimum Gasteiger partial charge on any atom is -0.476 e. The molecule has 2 N–H and O–H groups in total. The fourth-order valence-corrected chi connectivity index (χ4v) is 2.87. The van der Waals surface area contributed by atoms with Gasteiger partial charge in [-0.05, 0) is 27.2 Å². The molecule has 0 amide bonds. The summed E-state index contributed by atoms with van der Waals surface area (Å²) >= 11 is 1.41. The van der Waals surface area contributed by atoms with E-state index in [1.807, 2.05) is 13.8 Å². The zero-order valence-electron chi connectivity index (χ0n) is 11.5. The van der Waals surface area contributed by atoms with Gasteiger partial charge in [0.2, 0.25) is 0 Å². The number of rotatable bonds is 5. The number of aromatic carboxylic acids is 1. The first kappa shape index (κ1) is 14.6. The Balaban J connectivity index is 2.50. The topological polar surface area (TPSA) is 101 Å². The number of hydrogen-bond donors (Lipinski definition) is 2. The summed E-state index contributed by atoms with van der Waals surface area (Å²) in [7, 11) is 0. The smallest absolute Gasteiger partial charge is 0.358 e. The number of nitrogens with zero attached hydrogens (tertiary/aromatic N) is 4. The van der Waals surface area contributed by atoms with E-state index in [9.17, 15) is 15.0 Å². The zero-order valence-corrected chi connectivity index (χ0v) is 12.3. The summed E-state index contributed by atoms with van der Waals surface area (Å²) in [4.78, 5) is 16.4. The van der Waals surface area contributed by atoms with Crippen LogP contribution in [-0.2, 0) is 6.54 Å². The highest BCUT2D eigenvalue weighted by Gasteiger charge is 2.24. The molecule has 0 fully saturated rings. The molecular formula is C12H16N4O3S. The molecule has 108 valence electrons. The molecule has 0 bridgehead atoms. The standard InChI is InChI=1S/C12H16N4O3S/c1-6(17)4-5-16-10(9(12(18)19)14-15-16)11-7(2)13-8(3)20-11/h6,17H,4-5H2,1-3H3,(H,18,19). The second-order valence-corrected chi connectivity index (χ2v) is 5.80. The first-order chi connectivity index (χ1) is 9.40. The van der Waals surface area contributed by atoms with Crippen LogP contribution in [0.15, 0.2) is 0 Å². The van der Waals surface area contributed by atoms with Gasteiger partial charge in [0.15, 0.2) is 5.69 Å². The molecule has 0 spiro atoms. The van der Waals surface area contributed by atoms with Crippen molar-refractivity contribution in [3.05, 3.63) is 16.4 Å². The number of aliphatic hydroxyl groups excluding tert-OH is 1. The Kier molecular flexibility index (Phi) is 4.15. The fraction of sp³-hybridized carbons (Fsp3) is 0.500. The van der Waals surface area contributed by atoms with Gasteiger partial charge in [0.25, 0.3) is 0 Å². The van der Waals surface area contributed by atoms with Gasteiger partial charge < -0.3 is 10.2 Å². The average molecular weight is 296 g/mol. The van der Waals surface area contributed by atoms with Crippen molar-refractivity contribution in [3.63, 3.8) is 0 Å². The molecule has 0 aromatic carbocycles. The number of carboxylic acid groups (broad SMARTS) is 1. The summed E-state index contributed by atoms with van der Waals surface area (Å²) in [6.07, 6.45) is -0.00341. The summed E-state index contributed by atoms with van der Waals surface area (Å²) in [5.74, 6) is -1.12. The van der Waals surface area contributed by atoms with E-state index in [1.54, 1.807) is 6.92 Å². The van der Waals surface area contributed by atoms with Gasteiger partial charge in [-0.1, -0.05) is 5.21 Å². The number of carbonyl (C=O) groups is 1. The van der Waals surface area contributed by atoms with E-state index in [2.05, 4.69) is 15.3 Å². The summed E-state index contributed by atoms with van der Waals surface area (Å²) in [6.45, 7) is 5.78. The van der Waals surface area contributed by atoms with Crippen LogP contribution >= 0.6 is 11.3 Å². The summed E-state index contributed by atoms with van der Waals surface area (Å²) in [5.41, 5.74) is 1.14. The number of hydrogen-bond acceptors (Lipinski definition) is 6. The molecular weight excluding hydrogens is 280 g/mol. The molecule has 0 radical (unpaired) electrons. The van der Waals surface area contributed by atoms with Crippen LogP contribution < -0.4 is 0 Å². The Bertz CT molecular complexity index is 633. The molecule has 0 saturated carbocycles. The number of thiazole rings is 1. The minimum absolute atomic E-state index is 0.0812. The normalized spacial score (nSPS) is 12.6. The molecule has 2 heterocycles. The molecule has 1 unspecified atom stereocenters. The highest BCUT2D eigenvalue weighted by Crippen LogP contribution is 2.31. The maximum Gasteiger partial charge on any atom is 0.358 e. The van der Waals surface area contributed by atoms with Crippen LogP contribution in [0.3, 0.4) is 0 Å². The maximum atomic E-state index is 11.3. The third kappa shape index (κ3) is 2.86. The van der Waals surface area contributed by atoms with Gasteiger partial charge in [0.1, 0.15) is 5.69 Å². The number of aliphatic hydroxyl groups is 1. The van der Waals surface area contributed by atoms with Crippen LogP contribution in [0, 0.1) is 13.8 Å². The van der Waals surface area contributed by atoms with Crippen LogP contribution in [0.5, 0.6) is 0 Å². The average Bonchev–Trinajstić information content (AvgIpc) is 2.89. The van der Waals surface area contributed by atoms with E-state index in [0.29, 0.717) is 18.7 Å². The van der Waals surface area contributed by atoms with Gasteiger partial charge in [-0.15, -0.1) is 16.4 Å². The quantitative estimate of drug-likeness (QED) is 0.866. The van der Waals surface area contributed by atoms with Gasteiger partial charge in [0.05, 0.1) is 21.7 Å². The van der Waals surface area contributed by atoms with E-state index < -0.39 is 12.1 Å². The van der Waals surface area contributed by atoms with Crippen molar-refractivity contribution >= 4 is 17.3 Å². The van der Waals surface area contributed by atoms with Crippen LogP contribution in [-0.4, -0.2) is 42.3 Å². The molecule has 1 atom stereocenters.